The summed E-state index contributed by atoms with van der Waals surface area (Å²) in [6.07, 6.45) is 1.06. The lowest BCUT2D eigenvalue weighted by Crippen LogP contribution is -2.51. The second kappa shape index (κ2) is 8.00. The van der Waals surface area contributed by atoms with Crippen molar-refractivity contribution in [3.63, 3.8) is 0 Å². The number of hydrazine groups is 1. The van der Waals surface area contributed by atoms with Gasteiger partial charge in [-0.15, -0.1) is 11.3 Å². The average Bonchev–Trinajstić information content (AvgIpc) is 2.98. The summed E-state index contributed by atoms with van der Waals surface area (Å²) in [5, 5.41) is 5.74. The number of rotatable bonds is 3. The lowest BCUT2D eigenvalue weighted by molar-refractivity contribution is 0.0452. The molecule has 0 radical (unpaired) electrons. The van der Waals surface area contributed by atoms with Gasteiger partial charge in [0.1, 0.15) is 5.60 Å². The topological polar surface area (TPSA) is 83.6 Å². The Kier molecular flexibility index (Phi) is 5.88. The summed E-state index contributed by atoms with van der Waals surface area (Å²) in [5.41, 5.74) is 3.09. The smallest absolute Gasteiger partial charge is 0.407 e. The van der Waals surface area contributed by atoms with Crippen LogP contribution in [0.4, 0.5) is 4.79 Å². The molecule has 2 heterocycles. The van der Waals surface area contributed by atoms with Crippen LogP contribution in [0.5, 0.6) is 0 Å². The van der Waals surface area contributed by atoms with Crippen LogP contribution in [-0.4, -0.2) is 46.7 Å². The van der Waals surface area contributed by atoms with Crippen LogP contribution in [0.1, 0.15) is 43.4 Å². The molecule has 2 amide bonds. The second-order valence-electron chi connectivity index (χ2n) is 7.48. The van der Waals surface area contributed by atoms with Gasteiger partial charge < -0.3 is 10.1 Å². The van der Waals surface area contributed by atoms with Gasteiger partial charge >= 0.3 is 6.09 Å². The van der Waals surface area contributed by atoms with Gasteiger partial charge in [-0.05, 0) is 51.8 Å². The van der Waals surface area contributed by atoms with E-state index in [0.29, 0.717) is 23.1 Å². The molecule has 0 atom stereocenters. The van der Waals surface area contributed by atoms with E-state index in [1.54, 1.807) is 12.1 Å². The fourth-order valence-corrected chi connectivity index (χ4v) is 3.80. The molecule has 2 aromatic rings. The number of thiazole rings is 1. The van der Waals surface area contributed by atoms with E-state index in [1.807, 2.05) is 31.8 Å². The highest BCUT2D eigenvalue weighted by atomic mass is 35.5. The third-order valence-electron chi connectivity index (χ3n) is 4.02. The molecule has 1 aliphatic rings. The number of amides is 2. The molecule has 0 unspecified atom stereocenters. The SMILES string of the molecule is CC(C)(C)OC(=O)NC1CCN(NC(=O)c2nc3cc(Cl)ccc3s2)CC1. The molecule has 1 fully saturated rings. The molecule has 3 rings (SSSR count). The summed E-state index contributed by atoms with van der Waals surface area (Å²) in [7, 11) is 0. The van der Waals surface area contributed by atoms with Crippen molar-refractivity contribution in [2.75, 3.05) is 13.1 Å². The number of aromatic nitrogens is 1. The molecular weight excluding hydrogens is 388 g/mol. The van der Waals surface area contributed by atoms with E-state index in [2.05, 4.69) is 15.7 Å². The lowest BCUT2D eigenvalue weighted by atomic mass is 10.1. The summed E-state index contributed by atoms with van der Waals surface area (Å²) in [5.74, 6) is -0.231. The number of carbonyl (C=O) groups excluding carboxylic acids is 2. The molecule has 2 N–H and O–H groups in total. The Bertz CT molecular complexity index is 841. The minimum atomic E-state index is -0.514. The number of carbonyl (C=O) groups is 2. The van der Waals surface area contributed by atoms with Gasteiger partial charge in [-0.3, -0.25) is 10.2 Å². The highest BCUT2D eigenvalue weighted by molar-refractivity contribution is 7.20. The van der Waals surface area contributed by atoms with E-state index in [4.69, 9.17) is 16.3 Å². The first kappa shape index (κ1) is 19.9. The number of halogens is 1. The van der Waals surface area contributed by atoms with Crippen molar-refractivity contribution in [3.8, 4) is 0 Å². The third-order valence-corrected chi connectivity index (χ3v) is 5.29. The van der Waals surface area contributed by atoms with Crippen molar-refractivity contribution in [2.24, 2.45) is 0 Å². The Morgan fingerprint density at radius 1 is 1.30 bits per heavy atom. The normalized spacial score (nSPS) is 16.3. The maximum absolute atomic E-state index is 12.5. The van der Waals surface area contributed by atoms with Crippen molar-refractivity contribution in [1.29, 1.82) is 0 Å². The Morgan fingerprint density at radius 3 is 2.67 bits per heavy atom. The number of hydrogen-bond donors (Lipinski definition) is 2. The lowest BCUT2D eigenvalue weighted by Gasteiger charge is -2.32. The summed E-state index contributed by atoms with van der Waals surface area (Å²) < 4.78 is 6.20. The quantitative estimate of drug-likeness (QED) is 0.807. The zero-order valence-electron chi connectivity index (χ0n) is 15.5. The summed E-state index contributed by atoms with van der Waals surface area (Å²) >= 11 is 7.30. The molecule has 1 saturated heterocycles. The Labute approximate surface area is 167 Å². The van der Waals surface area contributed by atoms with Crippen LogP contribution in [-0.2, 0) is 4.74 Å². The number of piperidine rings is 1. The summed E-state index contributed by atoms with van der Waals surface area (Å²) in [4.78, 5) is 28.7. The first-order valence-corrected chi connectivity index (χ1v) is 10.0. The maximum atomic E-state index is 12.5. The molecule has 7 nitrogen and oxygen atoms in total. The number of ether oxygens (including phenoxy) is 1. The molecule has 27 heavy (non-hydrogen) atoms. The highest BCUT2D eigenvalue weighted by Crippen LogP contribution is 2.25. The van der Waals surface area contributed by atoms with Gasteiger partial charge in [0.2, 0.25) is 0 Å². The van der Waals surface area contributed by atoms with Crippen molar-refractivity contribution < 1.29 is 14.3 Å². The Morgan fingerprint density at radius 2 is 2.00 bits per heavy atom. The van der Waals surface area contributed by atoms with Crippen molar-refractivity contribution >= 4 is 45.2 Å². The average molecular weight is 411 g/mol. The molecular formula is C18H23ClN4O3S. The van der Waals surface area contributed by atoms with E-state index in [0.717, 1.165) is 23.1 Å². The molecule has 9 heteroatoms. The van der Waals surface area contributed by atoms with Crippen LogP contribution in [0.25, 0.3) is 10.2 Å². The van der Waals surface area contributed by atoms with Crippen molar-refractivity contribution in [3.05, 3.63) is 28.2 Å². The molecule has 0 aliphatic carbocycles. The Hall–Kier alpha value is -1.90. The monoisotopic (exact) mass is 410 g/mol. The summed E-state index contributed by atoms with van der Waals surface area (Å²) in [6.45, 7) is 6.79. The molecule has 0 saturated carbocycles. The van der Waals surface area contributed by atoms with Crippen LogP contribution in [0.3, 0.4) is 0 Å². The van der Waals surface area contributed by atoms with Gasteiger partial charge in [0.25, 0.3) is 5.91 Å². The van der Waals surface area contributed by atoms with E-state index >= 15 is 0 Å². The number of alkyl carbamates (subject to hydrolysis) is 1. The zero-order chi connectivity index (χ0) is 19.6. The number of nitrogens with zero attached hydrogens (tertiary/aromatic N) is 2. The van der Waals surface area contributed by atoms with Gasteiger partial charge in [-0.2, -0.15) is 0 Å². The molecule has 1 aliphatic heterocycles. The maximum Gasteiger partial charge on any atom is 0.407 e. The van der Waals surface area contributed by atoms with Crippen LogP contribution in [0.15, 0.2) is 18.2 Å². The second-order valence-corrected chi connectivity index (χ2v) is 8.95. The first-order valence-electron chi connectivity index (χ1n) is 8.81. The van der Waals surface area contributed by atoms with Gasteiger partial charge in [0, 0.05) is 24.2 Å². The van der Waals surface area contributed by atoms with Gasteiger partial charge in [-0.1, -0.05) is 11.6 Å². The van der Waals surface area contributed by atoms with Crippen LogP contribution in [0, 0.1) is 0 Å². The minimum absolute atomic E-state index is 0.0394. The number of fused-ring (bicyclic) bond motifs is 1. The Balaban J connectivity index is 1.49. The molecule has 1 aromatic carbocycles. The van der Waals surface area contributed by atoms with Crippen molar-refractivity contribution in [1.82, 2.24) is 20.7 Å². The number of nitrogens with one attached hydrogen (secondary N) is 2. The number of benzene rings is 1. The number of hydrogen-bond acceptors (Lipinski definition) is 6. The summed E-state index contributed by atoms with van der Waals surface area (Å²) in [6, 6.07) is 5.43. The standard InChI is InChI=1S/C18H23ClN4O3S/c1-18(2,3)26-17(25)20-12-6-8-23(9-7-12)22-15(24)16-21-13-10-11(19)4-5-14(13)27-16/h4-5,10,12H,6-9H2,1-3H3,(H,20,25)(H,22,24). The molecule has 1 aromatic heterocycles. The predicted octanol–water partition coefficient (Wildman–Crippen LogP) is 3.58. The minimum Gasteiger partial charge on any atom is -0.444 e. The zero-order valence-corrected chi connectivity index (χ0v) is 17.1. The van der Waals surface area contributed by atoms with E-state index in [9.17, 15) is 9.59 Å². The van der Waals surface area contributed by atoms with Crippen molar-refractivity contribution in [2.45, 2.75) is 45.3 Å². The third kappa shape index (κ3) is 5.54. The fraction of sp³-hybridized carbons (Fsp3) is 0.500. The van der Waals surface area contributed by atoms with E-state index < -0.39 is 11.7 Å². The van der Waals surface area contributed by atoms with Crippen LogP contribution in [0.2, 0.25) is 5.02 Å². The van der Waals surface area contributed by atoms with Gasteiger partial charge in [0.15, 0.2) is 5.01 Å². The predicted molar refractivity (Wildman–Crippen MR) is 106 cm³/mol. The van der Waals surface area contributed by atoms with Crippen LogP contribution < -0.4 is 10.7 Å². The van der Waals surface area contributed by atoms with Crippen LogP contribution >= 0.6 is 22.9 Å². The fourth-order valence-electron chi connectivity index (χ4n) is 2.80. The molecule has 0 bridgehead atoms. The van der Waals surface area contributed by atoms with Gasteiger partial charge in [-0.25, -0.2) is 14.8 Å². The van der Waals surface area contributed by atoms with Gasteiger partial charge in [0.05, 0.1) is 10.2 Å². The first-order chi connectivity index (χ1) is 12.7. The largest absolute Gasteiger partial charge is 0.444 e. The van der Waals surface area contributed by atoms with E-state index in [1.165, 1.54) is 11.3 Å². The molecule has 146 valence electrons. The molecule has 0 spiro atoms. The van der Waals surface area contributed by atoms with E-state index in [-0.39, 0.29) is 11.9 Å². The highest BCUT2D eigenvalue weighted by Gasteiger charge is 2.25.